The maximum absolute atomic E-state index is 11.0. The van der Waals surface area contributed by atoms with Gasteiger partial charge in [0.15, 0.2) is 0 Å². The number of benzene rings is 1. The van der Waals surface area contributed by atoms with Crippen molar-refractivity contribution in [2.75, 3.05) is 31.7 Å². The first-order valence-electron chi connectivity index (χ1n) is 8.99. The highest BCUT2D eigenvalue weighted by molar-refractivity contribution is 5.92. The Bertz CT molecular complexity index is 965. The summed E-state index contributed by atoms with van der Waals surface area (Å²) in [4.78, 5) is 24.9. The maximum atomic E-state index is 11.0. The van der Waals surface area contributed by atoms with Crippen LogP contribution in [0.25, 0.3) is 22.3 Å². The molecule has 8 nitrogen and oxygen atoms in total. The molecular weight excluding hydrogens is 346 g/mol. The molecule has 1 aromatic carbocycles. The van der Waals surface area contributed by atoms with Gasteiger partial charge in [-0.05, 0) is 24.8 Å². The topological polar surface area (TPSA) is 97.2 Å². The molecule has 0 atom stereocenters. The van der Waals surface area contributed by atoms with Crippen molar-refractivity contribution < 1.29 is 9.66 Å². The Labute approximate surface area is 156 Å². The van der Waals surface area contributed by atoms with Crippen molar-refractivity contribution in [1.82, 2.24) is 15.0 Å². The Morgan fingerprint density at radius 1 is 1.30 bits per heavy atom. The van der Waals surface area contributed by atoms with Crippen LogP contribution >= 0.6 is 0 Å². The van der Waals surface area contributed by atoms with Gasteiger partial charge in [-0.15, -0.1) is 0 Å². The summed E-state index contributed by atoms with van der Waals surface area (Å²) in [7, 11) is 2.04. The average molecular weight is 367 g/mol. The molecule has 8 heteroatoms. The van der Waals surface area contributed by atoms with Crippen LogP contribution in [0.3, 0.4) is 0 Å². The number of aromatic amines is 1. The van der Waals surface area contributed by atoms with Crippen molar-refractivity contribution >= 4 is 22.5 Å². The monoisotopic (exact) mass is 367 g/mol. The third-order valence-electron chi connectivity index (χ3n) is 5.01. The molecule has 2 aromatic heterocycles. The van der Waals surface area contributed by atoms with Crippen LogP contribution in [0.5, 0.6) is 0 Å². The first-order chi connectivity index (χ1) is 13.1. The van der Waals surface area contributed by atoms with Gasteiger partial charge in [-0.2, -0.15) is 0 Å². The van der Waals surface area contributed by atoms with Gasteiger partial charge >= 0.3 is 0 Å². The second-order valence-corrected chi connectivity index (χ2v) is 6.89. The van der Waals surface area contributed by atoms with Crippen LogP contribution in [-0.4, -0.2) is 46.7 Å². The standard InChI is InChI=1S/C19H21N5O3/c1-23(11-13-5-7-27-8-6-13)19-16-10-17(22-18(16)20-12-21-19)14-3-2-4-15(9-14)24(25)26/h2-4,9-10,12-13H,5-8,11H2,1H3,(H,20,21,22). The van der Waals surface area contributed by atoms with E-state index >= 15 is 0 Å². The summed E-state index contributed by atoms with van der Waals surface area (Å²) in [6.07, 6.45) is 3.67. The largest absolute Gasteiger partial charge is 0.381 e. The first kappa shape index (κ1) is 17.4. The smallest absolute Gasteiger partial charge is 0.270 e. The van der Waals surface area contributed by atoms with Crippen LogP contribution < -0.4 is 4.90 Å². The lowest BCUT2D eigenvalue weighted by molar-refractivity contribution is -0.384. The van der Waals surface area contributed by atoms with E-state index in [2.05, 4.69) is 19.9 Å². The summed E-state index contributed by atoms with van der Waals surface area (Å²) in [6.45, 7) is 2.55. The fraction of sp³-hybridized carbons (Fsp3) is 0.368. The number of nitro benzene ring substituents is 1. The van der Waals surface area contributed by atoms with Gasteiger partial charge in [0.1, 0.15) is 17.8 Å². The molecule has 1 aliphatic rings. The Morgan fingerprint density at radius 3 is 2.89 bits per heavy atom. The van der Waals surface area contributed by atoms with Gasteiger partial charge in [-0.1, -0.05) is 12.1 Å². The Morgan fingerprint density at radius 2 is 2.11 bits per heavy atom. The SMILES string of the molecule is CN(CC1CCOCC1)c1ncnc2[nH]c(-c3cccc([N+](=O)[O-])c3)cc12. The molecule has 0 amide bonds. The van der Waals surface area contributed by atoms with E-state index in [0.717, 1.165) is 60.7 Å². The van der Waals surface area contributed by atoms with Crippen molar-refractivity contribution in [2.24, 2.45) is 5.92 Å². The van der Waals surface area contributed by atoms with Gasteiger partial charge in [0.05, 0.1) is 10.3 Å². The molecule has 3 aromatic rings. The van der Waals surface area contributed by atoms with E-state index in [4.69, 9.17) is 4.74 Å². The molecule has 0 aliphatic carbocycles. The number of ether oxygens (including phenoxy) is 1. The quantitative estimate of drug-likeness (QED) is 0.548. The molecule has 3 heterocycles. The molecule has 0 saturated carbocycles. The minimum Gasteiger partial charge on any atom is -0.381 e. The zero-order valence-corrected chi connectivity index (χ0v) is 15.1. The summed E-state index contributed by atoms with van der Waals surface area (Å²) < 4.78 is 5.44. The number of nitrogens with zero attached hydrogens (tertiary/aromatic N) is 4. The molecule has 0 radical (unpaired) electrons. The third-order valence-corrected chi connectivity index (χ3v) is 5.01. The number of fused-ring (bicyclic) bond motifs is 1. The molecule has 0 spiro atoms. The highest BCUT2D eigenvalue weighted by Crippen LogP contribution is 2.30. The molecule has 1 N–H and O–H groups in total. The number of H-pyrrole nitrogens is 1. The van der Waals surface area contributed by atoms with Gasteiger partial charge in [0.25, 0.3) is 5.69 Å². The van der Waals surface area contributed by atoms with Gasteiger partial charge < -0.3 is 14.6 Å². The van der Waals surface area contributed by atoms with Crippen LogP contribution in [0.1, 0.15) is 12.8 Å². The normalized spacial score (nSPS) is 15.1. The van der Waals surface area contributed by atoms with Gasteiger partial charge in [0.2, 0.25) is 0 Å². The number of non-ortho nitro benzene ring substituents is 1. The highest BCUT2D eigenvalue weighted by atomic mass is 16.6. The predicted octanol–water partition coefficient (Wildman–Crippen LogP) is 3.40. The fourth-order valence-electron chi connectivity index (χ4n) is 3.58. The van der Waals surface area contributed by atoms with Crippen molar-refractivity contribution in [3.05, 3.63) is 46.8 Å². The second kappa shape index (κ2) is 7.32. The van der Waals surface area contributed by atoms with E-state index < -0.39 is 0 Å². The van der Waals surface area contributed by atoms with Crippen LogP contribution in [0.15, 0.2) is 36.7 Å². The predicted molar refractivity (Wildman–Crippen MR) is 103 cm³/mol. The first-order valence-corrected chi connectivity index (χ1v) is 8.99. The number of hydrogen-bond acceptors (Lipinski definition) is 6. The number of rotatable bonds is 5. The molecule has 4 rings (SSSR count). The van der Waals surface area contributed by atoms with Gasteiger partial charge in [-0.3, -0.25) is 10.1 Å². The average Bonchev–Trinajstić information content (AvgIpc) is 3.13. The van der Waals surface area contributed by atoms with E-state index in [1.165, 1.54) is 6.07 Å². The molecule has 0 unspecified atom stereocenters. The van der Waals surface area contributed by atoms with Gasteiger partial charge in [-0.25, -0.2) is 9.97 Å². The molecule has 1 fully saturated rings. The van der Waals surface area contributed by atoms with E-state index in [0.29, 0.717) is 5.92 Å². The summed E-state index contributed by atoms with van der Waals surface area (Å²) in [5.74, 6) is 1.45. The summed E-state index contributed by atoms with van der Waals surface area (Å²) in [6, 6.07) is 8.53. The summed E-state index contributed by atoms with van der Waals surface area (Å²) >= 11 is 0. The zero-order chi connectivity index (χ0) is 18.8. The molecular formula is C19H21N5O3. The highest BCUT2D eigenvalue weighted by Gasteiger charge is 2.19. The number of hydrogen-bond donors (Lipinski definition) is 1. The number of anilines is 1. The molecule has 1 aliphatic heterocycles. The van der Waals surface area contributed by atoms with Crippen molar-refractivity contribution in [3.63, 3.8) is 0 Å². The summed E-state index contributed by atoms with van der Waals surface area (Å²) in [5, 5.41) is 12.0. The molecule has 0 bridgehead atoms. The Kier molecular flexibility index (Phi) is 4.72. The second-order valence-electron chi connectivity index (χ2n) is 6.89. The van der Waals surface area contributed by atoms with Crippen molar-refractivity contribution in [1.29, 1.82) is 0 Å². The van der Waals surface area contributed by atoms with Crippen molar-refractivity contribution in [3.8, 4) is 11.3 Å². The third kappa shape index (κ3) is 3.61. The minimum absolute atomic E-state index is 0.0640. The van der Waals surface area contributed by atoms with Crippen molar-refractivity contribution in [2.45, 2.75) is 12.8 Å². The zero-order valence-electron chi connectivity index (χ0n) is 15.1. The maximum Gasteiger partial charge on any atom is 0.270 e. The minimum atomic E-state index is -0.390. The molecule has 27 heavy (non-hydrogen) atoms. The molecule has 1 saturated heterocycles. The van der Waals surface area contributed by atoms with Crippen LogP contribution in [0.2, 0.25) is 0 Å². The van der Waals surface area contributed by atoms with Crippen LogP contribution in [-0.2, 0) is 4.74 Å². The lowest BCUT2D eigenvalue weighted by Crippen LogP contribution is -2.30. The number of nitro groups is 1. The summed E-state index contributed by atoms with van der Waals surface area (Å²) in [5.41, 5.74) is 2.32. The van der Waals surface area contributed by atoms with E-state index in [1.54, 1.807) is 18.5 Å². The number of nitrogens with one attached hydrogen (secondary N) is 1. The van der Waals surface area contributed by atoms with Gasteiger partial charge in [0, 0.05) is 50.2 Å². The van der Waals surface area contributed by atoms with Crippen LogP contribution in [0.4, 0.5) is 11.5 Å². The lowest BCUT2D eigenvalue weighted by Gasteiger charge is -2.27. The van der Waals surface area contributed by atoms with Crippen LogP contribution in [0, 0.1) is 16.0 Å². The number of aromatic nitrogens is 3. The Balaban J connectivity index is 1.65. The van der Waals surface area contributed by atoms with E-state index in [1.807, 2.05) is 19.2 Å². The Hall–Kier alpha value is -3.00. The fourth-order valence-corrected chi connectivity index (χ4v) is 3.58. The van der Waals surface area contributed by atoms with E-state index in [9.17, 15) is 10.1 Å². The lowest BCUT2D eigenvalue weighted by atomic mass is 10.00. The van der Waals surface area contributed by atoms with E-state index in [-0.39, 0.29) is 10.6 Å². The molecule has 140 valence electrons.